The molecule has 3 rings (SSSR count). The van der Waals surface area contributed by atoms with Crippen LogP contribution in [0.1, 0.15) is 19.8 Å². The zero-order valence-corrected chi connectivity index (χ0v) is 11.6. The first-order chi connectivity index (χ1) is 9.33. The largest absolute Gasteiger partial charge is 0.378 e. The van der Waals surface area contributed by atoms with E-state index in [1.165, 1.54) is 12.8 Å². The van der Waals surface area contributed by atoms with Crippen LogP contribution in [0, 0.1) is 5.92 Å². The highest BCUT2D eigenvalue weighted by Crippen LogP contribution is 2.22. The molecule has 0 N–H and O–H groups in total. The maximum atomic E-state index is 5.37. The fourth-order valence-electron chi connectivity index (χ4n) is 2.83. The van der Waals surface area contributed by atoms with Crippen LogP contribution >= 0.6 is 0 Å². The average molecular weight is 262 g/mol. The number of anilines is 2. The van der Waals surface area contributed by atoms with E-state index >= 15 is 0 Å². The van der Waals surface area contributed by atoms with Gasteiger partial charge in [-0.2, -0.15) is 4.98 Å². The highest BCUT2D eigenvalue weighted by Gasteiger charge is 2.19. The lowest BCUT2D eigenvalue weighted by molar-refractivity contribution is 0.122. The molecule has 1 atom stereocenters. The number of hydrogen-bond donors (Lipinski definition) is 0. The van der Waals surface area contributed by atoms with Gasteiger partial charge in [-0.1, -0.05) is 6.92 Å². The van der Waals surface area contributed by atoms with E-state index in [2.05, 4.69) is 21.7 Å². The van der Waals surface area contributed by atoms with Crippen molar-refractivity contribution < 1.29 is 4.74 Å². The van der Waals surface area contributed by atoms with Crippen molar-refractivity contribution in [1.29, 1.82) is 0 Å². The summed E-state index contributed by atoms with van der Waals surface area (Å²) in [5.74, 6) is 2.68. The number of ether oxygens (including phenoxy) is 1. The van der Waals surface area contributed by atoms with Crippen molar-refractivity contribution in [3.8, 4) is 0 Å². The third kappa shape index (κ3) is 2.97. The molecule has 0 saturated carbocycles. The third-order valence-electron chi connectivity index (χ3n) is 3.90. The van der Waals surface area contributed by atoms with Gasteiger partial charge in [-0.3, -0.25) is 0 Å². The van der Waals surface area contributed by atoms with Gasteiger partial charge in [0.25, 0.3) is 0 Å². The van der Waals surface area contributed by atoms with Crippen LogP contribution in [0.25, 0.3) is 0 Å². The van der Waals surface area contributed by atoms with Crippen molar-refractivity contribution in [3.05, 3.63) is 12.3 Å². The lowest BCUT2D eigenvalue weighted by atomic mass is 10.0. The molecule has 0 spiro atoms. The smallest absolute Gasteiger partial charge is 0.227 e. The van der Waals surface area contributed by atoms with Crippen molar-refractivity contribution in [2.45, 2.75) is 19.8 Å². The maximum Gasteiger partial charge on any atom is 0.227 e. The van der Waals surface area contributed by atoms with Crippen molar-refractivity contribution >= 4 is 11.8 Å². The van der Waals surface area contributed by atoms with Crippen LogP contribution in [0.4, 0.5) is 11.8 Å². The highest BCUT2D eigenvalue weighted by molar-refractivity contribution is 5.44. The fraction of sp³-hybridized carbons (Fsp3) is 0.714. The second-order valence-electron chi connectivity index (χ2n) is 5.51. The van der Waals surface area contributed by atoms with Crippen molar-refractivity contribution in [2.75, 3.05) is 49.2 Å². The summed E-state index contributed by atoms with van der Waals surface area (Å²) in [5, 5.41) is 0. The molecular weight excluding hydrogens is 240 g/mol. The van der Waals surface area contributed by atoms with Crippen LogP contribution < -0.4 is 9.80 Å². The summed E-state index contributed by atoms with van der Waals surface area (Å²) in [4.78, 5) is 13.7. The Kier molecular flexibility index (Phi) is 3.82. The third-order valence-corrected chi connectivity index (χ3v) is 3.90. The Hall–Kier alpha value is -1.36. The topological polar surface area (TPSA) is 41.5 Å². The molecular formula is C14H22N4O. The Morgan fingerprint density at radius 1 is 1.21 bits per heavy atom. The van der Waals surface area contributed by atoms with Crippen LogP contribution in [-0.4, -0.2) is 49.4 Å². The van der Waals surface area contributed by atoms with E-state index in [9.17, 15) is 0 Å². The summed E-state index contributed by atoms with van der Waals surface area (Å²) in [5.41, 5.74) is 0. The Balaban J connectivity index is 1.75. The van der Waals surface area contributed by atoms with Gasteiger partial charge >= 0.3 is 0 Å². The Morgan fingerprint density at radius 2 is 2.05 bits per heavy atom. The van der Waals surface area contributed by atoms with Gasteiger partial charge in [-0.15, -0.1) is 0 Å². The summed E-state index contributed by atoms with van der Waals surface area (Å²) in [6.07, 6.45) is 4.47. The normalized spacial score (nSPS) is 24.6. The quantitative estimate of drug-likeness (QED) is 0.809. The number of aromatic nitrogens is 2. The molecule has 2 aliphatic rings. The van der Waals surface area contributed by atoms with E-state index in [1.54, 1.807) is 0 Å². The van der Waals surface area contributed by atoms with E-state index in [0.29, 0.717) is 0 Å². The Morgan fingerprint density at radius 3 is 2.84 bits per heavy atom. The van der Waals surface area contributed by atoms with Gasteiger partial charge in [0, 0.05) is 32.4 Å². The number of piperidine rings is 1. The van der Waals surface area contributed by atoms with Crippen molar-refractivity contribution in [3.63, 3.8) is 0 Å². The predicted molar refractivity (Wildman–Crippen MR) is 75.7 cm³/mol. The molecule has 0 aromatic carbocycles. The van der Waals surface area contributed by atoms with Gasteiger partial charge in [-0.05, 0) is 24.8 Å². The molecule has 19 heavy (non-hydrogen) atoms. The molecule has 5 nitrogen and oxygen atoms in total. The van der Waals surface area contributed by atoms with Crippen LogP contribution in [0.15, 0.2) is 12.3 Å². The van der Waals surface area contributed by atoms with E-state index in [1.807, 2.05) is 12.3 Å². The molecule has 1 aromatic rings. The molecule has 1 unspecified atom stereocenters. The van der Waals surface area contributed by atoms with Crippen molar-refractivity contribution in [1.82, 2.24) is 9.97 Å². The highest BCUT2D eigenvalue weighted by atomic mass is 16.5. The van der Waals surface area contributed by atoms with Crippen LogP contribution in [0.3, 0.4) is 0 Å². The molecule has 104 valence electrons. The van der Waals surface area contributed by atoms with Gasteiger partial charge in [0.1, 0.15) is 5.82 Å². The van der Waals surface area contributed by atoms with E-state index < -0.39 is 0 Å². The van der Waals surface area contributed by atoms with Crippen LogP contribution in [0.5, 0.6) is 0 Å². The first-order valence-corrected chi connectivity index (χ1v) is 7.23. The van der Waals surface area contributed by atoms with Gasteiger partial charge in [-0.25, -0.2) is 4.98 Å². The minimum atomic E-state index is 0.760. The summed E-state index contributed by atoms with van der Waals surface area (Å²) >= 11 is 0. The zero-order valence-electron chi connectivity index (χ0n) is 11.6. The predicted octanol–water partition coefficient (Wildman–Crippen LogP) is 1.55. The fourth-order valence-corrected chi connectivity index (χ4v) is 2.83. The summed E-state index contributed by atoms with van der Waals surface area (Å²) in [6, 6.07) is 2.03. The number of hydrogen-bond acceptors (Lipinski definition) is 5. The molecule has 0 amide bonds. The van der Waals surface area contributed by atoms with Gasteiger partial charge in [0.05, 0.1) is 13.2 Å². The van der Waals surface area contributed by atoms with E-state index in [0.717, 1.165) is 57.1 Å². The van der Waals surface area contributed by atoms with Crippen molar-refractivity contribution in [2.24, 2.45) is 5.92 Å². The summed E-state index contributed by atoms with van der Waals surface area (Å²) in [7, 11) is 0. The molecule has 0 aliphatic carbocycles. The SMILES string of the molecule is CC1CCCN(c2ccnc(N3CCOCC3)n2)C1. The van der Waals surface area contributed by atoms with E-state index in [-0.39, 0.29) is 0 Å². The molecule has 1 aromatic heterocycles. The zero-order chi connectivity index (χ0) is 13.1. The Bertz CT molecular complexity index is 420. The van der Waals surface area contributed by atoms with Gasteiger partial charge in [0.2, 0.25) is 5.95 Å². The number of nitrogens with zero attached hydrogens (tertiary/aromatic N) is 4. The Labute approximate surface area is 114 Å². The number of morpholine rings is 1. The maximum absolute atomic E-state index is 5.37. The first kappa shape index (κ1) is 12.7. The first-order valence-electron chi connectivity index (χ1n) is 7.23. The molecule has 2 fully saturated rings. The second kappa shape index (κ2) is 5.74. The van der Waals surface area contributed by atoms with Gasteiger partial charge < -0.3 is 14.5 Å². The monoisotopic (exact) mass is 262 g/mol. The van der Waals surface area contributed by atoms with Gasteiger partial charge in [0.15, 0.2) is 0 Å². The number of rotatable bonds is 2. The molecule has 2 saturated heterocycles. The second-order valence-corrected chi connectivity index (χ2v) is 5.51. The standard InChI is InChI=1S/C14H22N4O/c1-12-3-2-6-18(11-12)13-4-5-15-14(16-13)17-7-9-19-10-8-17/h4-5,12H,2-3,6-11H2,1H3. The minimum Gasteiger partial charge on any atom is -0.378 e. The molecule has 0 bridgehead atoms. The lowest BCUT2D eigenvalue weighted by Gasteiger charge is -2.33. The van der Waals surface area contributed by atoms with Crippen LogP contribution in [0.2, 0.25) is 0 Å². The lowest BCUT2D eigenvalue weighted by Crippen LogP contribution is -2.38. The minimum absolute atomic E-state index is 0.760. The van der Waals surface area contributed by atoms with Crippen LogP contribution in [-0.2, 0) is 4.74 Å². The summed E-state index contributed by atoms with van der Waals surface area (Å²) in [6.45, 7) is 7.86. The molecule has 5 heteroatoms. The van der Waals surface area contributed by atoms with E-state index in [4.69, 9.17) is 9.72 Å². The summed E-state index contributed by atoms with van der Waals surface area (Å²) < 4.78 is 5.37. The molecule has 3 heterocycles. The molecule has 0 radical (unpaired) electrons. The average Bonchev–Trinajstić information content (AvgIpc) is 2.48. The molecule has 2 aliphatic heterocycles.